The Morgan fingerprint density at radius 3 is 2.27 bits per heavy atom. The van der Waals surface area contributed by atoms with Crippen molar-refractivity contribution in [2.24, 2.45) is 5.73 Å². The third-order valence-corrected chi connectivity index (χ3v) is 4.26. The maximum Gasteiger partial charge on any atom is 0.344 e. The van der Waals surface area contributed by atoms with E-state index in [1.165, 1.54) is 12.1 Å². The van der Waals surface area contributed by atoms with Crippen LogP contribution < -0.4 is 10.5 Å². The first-order valence-electron chi connectivity index (χ1n) is 7.58. The molecule has 2 rings (SSSR count). The van der Waals surface area contributed by atoms with E-state index in [1.807, 2.05) is 0 Å². The van der Waals surface area contributed by atoms with Crippen LogP contribution in [0, 0.1) is 0 Å². The fourth-order valence-electron chi connectivity index (χ4n) is 2.11. The minimum absolute atomic E-state index is 0. The third-order valence-electron chi connectivity index (χ3n) is 3.39. The van der Waals surface area contributed by atoms with Crippen LogP contribution >= 0.6 is 35.6 Å². The Kier molecular flexibility index (Phi) is 8.88. The van der Waals surface area contributed by atoms with Crippen LogP contribution in [-0.4, -0.2) is 25.0 Å². The summed E-state index contributed by atoms with van der Waals surface area (Å²) < 4.78 is 10.1. The Bertz CT molecular complexity index is 779. The van der Waals surface area contributed by atoms with Crippen LogP contribution in [0.2, 0.25) is 10.0 Å². The molecular weight excluding hydrogens is 401 g/mol. The highest BCUT2D eigenvalue weighted by Crippen LogP contribution is 2.35. The molecule has 0 heterocycles. The molecule has 140 valence electrons. The molecule has 8 heteroatoms. The van der Waals surface area contributed by atoms with Gasteiger partial charge in [0.15, 0.2) is 12.4 Å². The van der Waals surface area contributed by atoms with E-state index in [1.54, 1.807) is 31.2 Å². The number of hydrogen-bond acceptors (Lipinski definition) is 5. The lowest BCUT2D eigenvalue weighted by Crippen LogP contribution is -2.15. The van der Waals surface area contributed by atoms with Gasteiger partial charge in [0.2, 0.25) is 0 Å². The highest BCUT2D eigenvalue weighted by Gasteiger charge is 2.18. The number of hydrogen-bond donors (Lipinski definition) is 1. The maximum absolute atomic E-state index is 12.6. The van der Waals surface area contributed by atoms with Crippen molar-refractivity contribution in [1.82, 2.24) is 0 Å². The summed E-state index contributed by atoms with van der Waals surface area (Å²) in [6, 6.07) is 9.92. The van der Waals surface area contributed by atoms with Crippen molar-refractivity contribution in [3.8, 4) is 5.75 Å². The predicted molar refractivity (Wildman–Crippen MR) is 104 cm³/mol. The number of esters is 1. The minimum atomic E-state index is -0.519. The molecule has 0 atom stereocenters. The number of nitrogens with two attached hydrogens (primary N) is 1. The second kappa shape index (κ2) is 10.4. The van der Waals surface area contributed by atoms with Crippen molar-refractivity contribution in [3.63, 3.8) is 0 Å². The highest BCUT2D eigenvalue weighted by atomic mass is 35.5. The van der Waals surface area contributed by atoms with E-state index in [0.717, 1.165) is 5.56 Å². The zero-order valence-corrected chi connectivity index (χ0v) is 16.3. The van der Waals surface area contributed by atoms with Crippen molar-refractivity contribution < 1.29 is 19.1 Å². The van der Waals surface area contributed by atoms with Crippen molar-refractivity contribution in [1.29, 1.82) is 0 Å². The first-order chi connectivity index (χ1) is 12.0. The van der Waals surface area contributed by atoms with Gasteiger partial charge >= 0.3 is 5.97 Å². The van der Waals surface area contributed by atoms with Crippen molar-refractivity contribution in [2.75, 3.05) is 13.2 Å². The van der Waals surface area contributed by atoms with Crippen LogP contribution in [-0.2, 0) is 16.1 Å². The molecule has 2 N–H and O–H groups in total. The summed E-state index contributed by atoms with van der Waals surface area (Å²) in [5.74, 6) is -0.586. The molecule has 0 saturated heterocycles. The zero-order chi connectivity index (χ0) is 18.4. The average molecular weight is 419 g/mol. The van der Waals surface area contributed by atoms with Gasteiger partial charge in [-0.05, 0) is 24.6 Å². The number of ketones is 1. The molecule has 0 fully saturated rings. The average Bonchev–Trinajstić information content (AvgIpc) is 2.63. The first-order valence-corrected chi connectivity index (χ1v) is 8.33. The summed E-state index contributed by atoms with van der Waals surface area (Å²) in [5, 5.41) is 0.131. The van der Waals surface area contributed by atoms with Gasteiger partial charge in [0, 0.05) is 17.7 Å². The second-order valence-corrected chi connectivity index (χ2v) is 5.82. The molecule has 0 bridgehead atoms. The van der Waals surface area contributed by atoms with E-state index in [2.05, 4.69) is 0 Å². The van der Waals surface area contributed by atoms with Gasteiger partial charge in [0.05, 0.1) is 11.6 Å². The standard InChI is InChI=1S/C18H17Cl2NO4.ClH/c1-2-24-15(22)10-25-14-8-7-13(16(19)17(14)20)18(23)12-5-3-11(9-21)4-6-12;/h3-8H,2,9-10,21H2,1H3;1H. The molecule has 0 aliphatic rings. The van der Waals surface area contributed by atoms with Crippen LogP contribution in [0.25, 0.3) is 0 Å². The number of benzene rings is 2. The summed E-state index contributed by atoms with van der Waals surface area (Å²) in [6.45, 7) is 2.06. The molecule has 26 heavy (non-hydrogen) atoms. The molecule has 0 aliphatic carbocycles. The molecule has 2 aromatic rings. The van der Waals surface area contributed by atoms with Gasteiger partial charge < -0.3 is 15.2 Å². The van der Waals surface area contributed by atoms with Crippen molar-refractivity contribution >= 4 is 47.4 Å². The van der Waals surface area contributed by atoms with Gasteiger partial charge in [0.25, 0.3) is 0 Å². The molecule has 2 aromatic carbocycles. The molecule has 0 saturated carbocycles. The number of ether oxygens (including phenoxy) is 2. The predicted octanol–water partition coefficient (Wildman–Crippen LogP) is 4.05. The Labute approximate surface area is 167 Å². The topological polar surface area (TPSA) is 78.6 Å². The van der Waals surface area contributed by atoms with Crippen LogP contribution in [0.5, 0.6) is 5.75 Å². The van der Waals surface area contributed by atoms with E-state index in [0.29, 0.717) is 12.1 Å². The number of carbonyl (C=O) groups excluding carboxylic acids is 2. The number of rotatable bonds is 7. The molecule has 0 spiro atoms. The maximum atomic E-state index is 12.6. The van der Waals surface area contributed by atoms with E-state index < -0.39 is 5.97 Å². The summed E-state index contributed by atoms with van der Waals surface area (Å²) in [4.78, 5) is 23.9. The van der Waals surface area contributed by atoms with Crippen LogP contribution in [0.3, 0.4) is 0 Å². The zero-order valence-electron chi connectivity index (χ0n) is 14.0. The van der Waals surface area contributed by atoms with E-state index in [-0.39, 0.29) is 52.8 Å². The van der Waals surface area contributed by atoms with E-state index in [4.69, 9.17) is 38.4 Å². The van der Waals surface area contributed by atoms with Crippen LogP contribution in [0.15, 0.2) is 36.4 Å². The molecule has 0 radical (unpaired) electrons. The SMILES string of the molecule is CCOC(=O)COc1ccc(C(=O)c2ccc(CN)cc2)c(Cl)c1Cl.Cl. The largest absolute Gasteiger partial charge is 0.480 e. The second-order valence-electron chi connectivity index (χ2n) is 5.06. The third kappa shape index (κ3) is 5.35. The number of halogens is 3. The quantitative estimate of drug-likeness (QED) is 0.542. The Morgan fingerprint density at radius 2 is 1.69 bits per heavy atom. The van der Waals surface area contributed by atoms with E-state index in [9.17, 15) is 9.59 Å². The first kappa shape index (κ1) is 22.3. The molecule has 5 nitrogen and oxygen atoms in total. The van der Waals surface area contributed by atoms with Crippen molar-refractivity contribution in [3.05, 3.63) is 63.1 Å². The van der Waals surface area contributed by atoms with Gasteiger partial charge in [-0.25, -0.2) is 4.79 Å². The van der Waals surface area contributed by atoms with Gasteiger partial charge in [-0.3, -0.25) is 4.79 Å². The van der Waals surface area contributed by atoms with E-state index >= 15 is 0 Å². The normalized spacial score (nSPS) is 10.0. The lowest BCUT2D eigenvalue weighted by molar-refractivity contribution is -0.145. The lowest BCUT2D eigenvalue weighted by Gasteiger charge is -2.11. The van der Waals surface area contributed by atoms with Crippen LogP contribution in [0.1, 0.15) is 28.4 Å². The van der Waals surface area contributed by atoms with Gasteiger partial charge in [-0.2, -0.15) is 0 Å². The fraction of sp³-hybridized carbons (Fsp3) is 0.222. The van der Waals surface area contributed by atoms with Gasteiger partial charge in [-0.15, -0.1) is 12.4 Å². The molecule has 0 unspecified atom stereocenters. The van der Waals surface area contributed by atoms with Crippen LogP contribution in [0.4, 0.5) is 0 Å². The van der Waals surface area contributed by atoms with Gasteiger partial charge in [0.1, 0.15) is 10.8 Å². The number of carbonyl (C=O) groups is 2. The molecule has 0 aliphatic heterocycles. The summed E-state index contributed by atoms with van der Waals surface area (Å²) in [5.41, 5.74) is 7.18. The molecular formula is C18H18Cl3NO4. The highest BCUT2D eigenvalue weighted by molar-refractivity contribution is 6.45. The molecule has 0 amide bonds. The summed E-state index contributed by atoms with van der Waals surface area (Å²) in [6.07, 6.45) is 0. The lowest BCUT2D eigenvalue weighted by atomic mass is 10.0. The van der Waals surface area contributed by atoms with Crippen molar-refractivity contribution in [2.45, 2.75) is 13.5 Å². The summed E-state index contributed by atoms with van der Waals surface area (Å²) >= 11 is 12.4. The minimum Gasteiger partial charge on any atom is -0.480 e. The Balaban J connectivity index is 0.00000338. The monoisotopic (exact) mass is 417 g/mol. The summed E-state index contributed by atoms with van der Waals surface area (Å²) in [7, 11) is 0. The van der Waals surface area contributed by atoms with Gasteiger partial charge in [-0.1, -0.05) is 47.5 Å². The Hall–Kier alpha value is -1.79. The smallest absolute Gasteiger partial charge is 0.344 e. The fourth-order valence-corrected chi connectivity index (χ4v) is 2.57. The molecule has 0 aromatic heterocycles. The Morgan fingerprint density at radius 1 is 1.04 bits per heavy atom.